The van der Waals surface area contributed by atoms with Gasteiger partial charge in [0, 0.05) is 16.5 Å². The molecule has 2 aromatic carbocycles. The first-order valence-corrected chi connectivity index (χ1v) is 6.80. The van der Waals surface area contributed by atoms with Crippen LogP contribution in [0, 0.1) is 0 Å². The Balaban J connectivity index is 2.35. The highest BCUT2D eigenvalue weighted by molar-refractivity contribution is 9.10. The van der Waals surface area contributed by atoms with Gasteiger partial charge in [0.15, 0.2) is 5.78 Å². The molecule has 2 nitrogen and oxygen atoms in total. The van der Waals surface area contributed by atoms with Gasteiger partial charge in [0.1, 0.15) is 6.29 Å². The van der Waals surface area contributed by atoms with Crippen molar-refractivity contribution in [2.24, 2.45) is 0 Å². The number of Topliss-reactive ketones (excluding diaryl/α,β-unsaturated/α-hetero) is 1. The zero-order valence-corrected chi connectivity index (χ0v) is 11.8. The van der Waals surface area contributed by atoms with Crippen LogP contribution in [-0.2, 0) is 4.79 Å². The molecule has 0 saturated heterocycles. The van der Waals surface area contributed by atoms with Crippen molar-refractivity contribution in [1.29, 1.82) is 0 Å². The van der Waals surface area contributed by atoms with Crippen LogP contribution in [0.5, 0.6) is 0 Å². The van der Waals surface area contributed by atoms with Gasteiger partial charge in [-0.25, -0.2) is 0 Å². The molecule has 0 aromatic heterocycles. The smallest absolute Gasteiger partial charge is 0.170 e. The molecule has 0 saturated carbocycles. The van der Waals surface area contributed by atoms with Gasteiger partial charge in [-0.15, -0.1) is 0 Å². The maximum atomic E-state index is 12.5. The van der Waals surface area contributed by atoms with Gasteiger partial charge in [-0.3, -0.25) is 4.79 Å². The highest BCUT2D eigenvalue weighted by Gasteiger charge is 2.21. The lowest BCUT2D eigenvalue weighted by molar-refractivity contribution is -0.108. The Hall–Kier alpha value is -1.74. The van der Waals surface area contributed by atoms with E-state index in [2.05, 4.69) is 15.9 Å². The number of aldehydes is 1. The van der Waals surface area contributed by atoms with E-state index in [-0.39, 0.29) is 12.2 Å². The fourth-order valence-electron chi connectivity index (χ4n) is 2.02. The monoisotopic (exact) mass is 316 g/mol. The number of benzene rings is 2. The van der Waals surface area contributed by atoms with Crippen molar-refractivity contribution in [2.75, 3.05) is 0 Å². The summed E-state index contributed by atoms with van der Waals surface area (Å²) in [5, 5.41) is 0. The molecule has 1 atom stereocenters. The van der Waals surface area contributed by atoms with E-state index in [1.807, 2.05) is 42.5 Å². The van der Waals surface area contributed by atoms with Crippen molar-refractivity contribution in [2.45, 2.75) is 12.3 Å². The molecule has 0 aliphatic rings. The molecule has 0 bridgehead atoms. The van der Waals surface area contributed by atoms with Crippen molar-refractivity contribution < 1.29 is 9.59 Å². The standard InChI is InChI=1S/C16H13BrO2/c17-14-8-4-7-13(11-14)15(9-10-18)16(19)12-5-2-1-3-6-12/h1-8,10-11,15H,9H2/t15-/m0/s1. The normalized spacial score (nSPS) is 11.8. The summed E-state index contributed by atoms with van der Waals surface area (Å²) in [6, 6.07) is 16.6. The van der Waals surface area contributed by atoms with Crippen LogP contribution in [-0.4, -0.2) is 12.1 Å². The van der Waals surface area contributed by atoms with Crippen LogP contribution >= 0.6 is 15.9 Å². The molecule has 0 spiro atoms. The Labute approximate surface area is 120 Å². The first kappa shape index (κ1) is 13.7. The SMILES string of the molecule is O=CC[C@H](C(=O)c1ccccc1)c1cccc(Br)c1. The van der Waals surface area contributed by atoms with Crippen molar-refractivity contribution in [1.82, 2.24) is 0 Å². The Morgan fingerprint density at radius 3 is 2.47 bits per heavy atom. The lowest BCUT2D eigenvalue weighted by Crippen LogP contribution is -2.13. The molecule has 96 valence electrons. The van der Waals surface area contributed by atoms with Crippen molar-refractivity contribution in [3.05, 3.63) is 70.2 Å². The summed E-state index contributed by atoms with van der Waals surface area (Å²) >= 11 is 3.39. The summed E-state index contributed by atoms with van der Waals surface area (Å²) in [4.78, 5) is 23.3. The first-order chi connectivity index (χ1) is 9.22. The molecule has 0 fully saturated rings. The zero-order valence-electron chi connectivity index (χ0n) is 10.3. The number of carbonyl (C=O) groups excluding carboxylic acids is 2. The number of hydrogen-bond acceptors (Lipinski definition) is 2. The van der Waals surface area contributed by atoms with Gasteiger partial charge in [-0.05, 0) is 17.7 Å². The van der Waals surface area contributed by atoms with E-state index in [0.717, 1.165) is 16.3 Å². The fourth-order valence-corrected chi connectivity index (χ4v) is 2.43. The molecule has 0 unspecified atom stereocenters. The molecule has 0 heterocycles. The third kappa shape index (κ3) is 3.38. The maximum Gasteiger partial charge on any atom is 0.170 e. The van der Waals surface area contributed by atoms with E-state index in [4.69, 9.17) is 0 Å². The summed E-state index contributed by atoms with van der Waals surface area (Å²) in [7, 11) is 0. The number of rotatable bonds is 5. The van der Waals surface area contributed by atoms with E-state index in [0.29, 0.717) is 5.56 Å². The number of ketones is 1. The zero-order chi connectivity index (χ0) is 13.7. The first-order valence-electron chi connectivity index (χ1n) is 6.00. The average Bonchev–Trinajstić information content (AvgIpc) is 2.45. The minimum Gasteiger partial charge on any atom is -0.303 e. The van der Waals surface area contributed by atoms with Crippen molar-refractivity contribution in [3.8, 4) is 0 Å². The Kier molecular flexibility index (Phi) is 4.63. The quantitative estimate of drug-likeness (QED) is 0.617. The molecule has 0 radical (unpaired) electrons. The summed E-state index contributed by atoms with van der Waals surface area (Å²) in [5.74, 6) is -0.441. The molecule has 19 heavy (non-hydrogen) atoms. The molecule has 2 aromatic rings. The second kappa shape index (κ2) is 6.43. The summed E-state index contributed by atoms with van der Waals surface area (Å²) < 4.78 is 0.904. The second-order valence-corrected chi connectivity index (χ2v) is 5.16. The molecular weight excluding hydrogens is 304 g/mol. The number of hydrogen-bond donors (Lipinski definition) is 0. The Bertz CT molecular complexity index is 578. The highest BCUT2D eigenvalue weighted by Crippen LogP contribution is 2.26. The van der Waals surface area contributed by atoms with Gasteiger partial charge >= 0.3 is 0 Å². The lowest BCUT2D eigenvalue weighted by atomic mass is 9.88. The third-order valence-electron chi connectivity index (χ3n) is 2.96. The molecule has 0 aliphatic carbocycles. The van der Waals surface area contributed by atoms with Gasteiger partial charge in [0.2, 0.25) is 0 Å². The minimum atomic E-state index is -0.419. The predicted molar refractivity (Wildman–Crippen MR) is 78.3 cm³/mol. The van der Waals surface area contributed by atoms with Crippen LogP contribution in [0.2, 0.25) is 0 Å². The summed E-state index contributed by atoms with van der Waals surface area (Å²) in [6.45, 7) is 0. The van der Waals surface area contributed by atoms with E-state index >= 15 is 0 Å². The number of halogens is 1. The molecular formula is C16H13BrO2. The van der Waals surface area contributed by atoms with Crippen LogP contribution in [0.3, 0.4) is 0 Å². The lowest BCUT2D eigenvalue weighted by Gasteiger charge is -2.14. The van der Waals surface area contributed by atoms with Crippen LogP contribution < -0.4 is 0 Å². The number of carbonyl (C=O) groups is 2. The largest absolute Gasteiger partial charge is 0.303 e. The summed E-state index contributed by atoms with van der Waals surface area (Å²) in [6.07, 6.45) is 0.997. The van der Waals surface area contributed by atoms with E-state index < -0.39 is 5.92 Å². The minimum absolute atomic E-state index is 0.0224. The Morgan fingerprint density at radius 2 is 1.84 bits per heavy atom. The second-order valence-electron chi connectivity index (χ2n) is 4.24. The predicted octanol–water partition coefficient (Wildman–Crippen LogP) is 4.00. The fraction of sp³-hybridized carbons (Fsp3) is 0.125. The molecule has 0 aliphatic heterocycles. The van der Waals surface area contributed by atoms with Crippen LogP contribution in [0.4, 0.5) is 0 Å². The van der Waals surface area contributed by atoms with E-state index in [1.54, 1.807) is 12.1 Å². The summed E-state index contributed by atoms with van der Waals surface area (Å²) in [5.41, 5.74) is 1.49. The molecule has 0 N–H and O–H groups in total. The van der Waals surface area contributed by atoms with Crippen molar-refractivity contribution in [3.63, 3.8) is 0 Å². The average molecular weight is 317 g/mol. The van der Waals surface area contributed by atoms with Crippen LogP contribution in [0.1, 0.15) is 28.3 Å². The van der Waals surface area contributed by atoms with Crippen LogP contribution in [0.25, 0.3) is 0 Å². The van der Waals surface area contributed by atoms with Gasteiger partial charge in [-0.1, -0.05) is 58.4 Å². The highest BCUT2D eigenvalue weighted by atomic mass is 79.9. The van der Waals surface area contributed by atoms with Gasteiger partial charge in [0.25, 0.3) is 0 Å². The van der Waals surface area contributed by atoms with Gasteiger partial charge in [-0.2, -0.15) is 0 Å². The van der Waals surface area contributed by atoms with Crippen LogP contribution in [0.15, 0.2) is 59.1 Å². The van der Waals surface area contributed by atoms with E-state index in [1.165, 1.54) is 0 Å². The Morgan fingerprint density at radius 1 is 1.11 bits per heavy atom. The van der Waals surface area contributed by atoms with Gasteiger partial charge in [0.05, 0.1) is 5.92 Å². The maximum absolute atomic E-state index is 12.5. The van der Waals surface area contributed by atoms with E-state index in [9.17, 15) is 9.59 Å². The molecule has 3 heteroatoms. The molecule has 2 rings (SSSR count). The van der Waals surface area contributed by atoms with Gasteiger partial charge < -0.3 is 4.79 Å². The van der Waals surface area contributed by atoms with Crippen molar-refractivity contribution >= 4 is 28.0 Å². The molecule has 0 amide bonds. The third-order valence-corrected chi connectivity index (χ3v) is 3.45. The topological polar surface area (TPSA) is 34.1 Å².